The van der Waals surface area contributed by atoms with Crippen LogP contribution >= 0.6 is 15.9 Å². The van der Waals surface area contributed by atoms with Crippen molar-refractivity contribution in [2.75, 3.05) is 11.9 Å². The van der Waals surface area contributed by atoms with Gasteiger partial charge in [0.05, 0.1) is 6.61 Å². The first-order valence-electron chi connectivity index (χ1n) is 9.38. The second-order valence-electron chi connectivity index (χ2n) is 8.19. The lowest BCUT2D eigenvalue weighted by Crippen LogP contribution is -2.70. The van der Waals surface area contributed by atoms with Gasteiger partial charge in [0.25, 0.3) is 0 Å². The maximum absolute atomic E-state index is 6.34. The molecule has 5 fully saturated rings. The maximum atomic E-state index is 6.34. The van der Waals surface area contributed by atoms with Gasteiger partial charge in [0.15, 0.2) is 18.2 Å². The van der Waals surface area contributed by atoms with Crippen LogP contribution in [0.5, 0.6) is 0 Å². The van der Waals surface area contributed by atoms with Gasteiger partial charge in [-0.05, 0) is 44.4 Å². The highest BCUT2D eigenvalue weighted by molar-refractivity contribution is 9.09. The monoisotopic (exact) mass is 404 g/mol. The number of fused-ring (bicyclic) bond motifs is 2. The molecular weight excluding hydrogens is 376 g/mol. The Balaban J connectivity index is 1.64. The Bertz CT molecular complexity index is 476. The minimum Gasteiger partial charge on any atom is -0.352 e. The summed E-state index contributed by atoms with van der Waals surface area (Å²) in [4.78, 5) is 11.9. The van der Waals surface area contributed by atoms with E-state index in [1.165, 1.54) is 6.42 Å². The van der Waals surface area contributed by atoms with Crippen molar-refractivity contribution in [3.8, 4) is 0 Å². The van der Waals surface area contributed by atoms with E-state index in [1.807, 2.05) is 6.92 Å². The molecular formula is C18H29BrO5. The zero-order valence-electron chi connectivity index (χ0n) is 14.8. The van der Waals surface area contributed by atoms with Gasteiger partial charge in [-0.15, -0.1) is 0 Å². The Labute approximate surface area is 152 Å². The molecule has 4 heterocycles. The number of halogens is 1. The second-order valence-corrected chi connectivity index (χ2v) is 8.98. The molecule has 1 aliphatic carbocycles. The first kappa shape index (κ1) is 17.7. The normalized spacial score (nSPS) is 53.5. The van der Waals surface area contributed by atoms with Crippen LogP contribution in [-0.2, 0) is 24.0 Å². The molecule has 0 N–H and O–H groups in total. The number of rotatable bonds is 4. The molecule has 1 saturated carbocycles. The van der Waals surface area contributed by atoms with Gasteiger partial charge in [0.1, 0.15) is 0 Å². The first-order chi connectivity index (χ1) is 11.5. The SMILES string of the molecule is C[C@@H]1CCC2[C@@H](C)[C@@H](OCCCBr)O[C@@H]3O[C@@]4(C)CCC1[C@@]23OO4. The van der Waals surface area contributed by atoms with Crippen molar-refractivity contribution in [2.45, 2.75) is 76.8 Å². The zero-order chi connectivity index (χ0) is 16.9. The van der Waals surface area contributed by atoms with Crippen LogP contribution in [0.25, 0.3) is 0 Å². The van der Waals surface area contributed by atoms with Crippen molar-refractivity contribution in [3.63, 3.8) is 0 Å². The minimum atomic E-state index is -0.710. The highest BCUT2D eigenvalue weighted by Gasteiger charge is 2.69. The van der Waals surface area contributed by atoms with Crippen LogP contribution in [0.15, 0.2) is 0 Å². The highest BCUT2D eigenvalue weighted by atomic mass is 79.9. The molecule has 2 bridgehead atoms. The van der Waals surface area contributed by atoms with Gasteiger partial charge in [0.2, 0.25) is 5.79 Å². The average Bonchev–Trinajstić information content (AvgIpc) is 2.78. The van der Waals surface area contributed by atoms with Crippen LogP contribution in [-0.4, -0.2) is 35.9 Å². The molecule has 0 amide bonds. The van der Waals surface area contributed by atoms with Gasteiger partial charge in [-0.25, -0.2) is 9.78 Å². The van der Waals surface area contributed by atoms with Crippen molar-refractivity contribution in [3.05, 3.63) is 0 Å². The fourth-order valence-corrected chi connectivity index (χ4v) is 5.55. The van der Waals surface area contributed by atoms with Crippen LogP contribution in [0.4, 0.5) is 0 Å². The lowest BCUT2D eigenvalue weighted by atomic mass is 9.58. The quantitative estimate of drug-likeness (QED) is 0.402. The van der Waals surface area contributed by atoms with E-state index in [1.54, 1.807) is 0 Å². The van der Waals surface area contributed by atoms with E-state index < -0.39 is 17.7 Å². The average molecular weight is 405 g/mol. The highest BCUT2D eigenvalue weighted by Crippen LogP contribution is 2.60. The summed E-state index contributed by atoms with van der Waals surface area (Å²) < 4.78 is 18.7. The Morgan fingerprint density at radius 1 is 1.12 bits per heavy atom. The Kier molecular flexibility index (Phi) is 4.76. The van der Waals surface area contributed by atoms with Crippen molar-refractivity contribution >= 4 is 15.9 Å². The summed E-state index contributed by atoms with van der Waals surface area (Å²) in [5, 5.41) is 0.940. The molecule has 5 nitrogen and oxygen atoms in total. The number of alkyl halides is 1. The molecule has 4 saturated heterocycles. The Morgan fingerprint density at radius 2 is 1.96 bits per heavy atom. The maximum Gasteiger partial charge on any atom is 0.201 e. The fourth-order valence-electron chi connectivity index (χ4n) is 5.32. The van der Waals surface area contributed by atoms with Crippen LogP contribution in [0.2, 0.25) is 0 Å². The third kappa shape index (κ3) is 2.60. The molecule has 4 aliphatic heterocycles. The predicted molar refractivity (Wildman–Crippen MR) is 91.2 cm³/mol. The van der Waals surface area contributed by atoms with Gasteiger partial charge < -0.3 is 14.2 Å². The minimum absolute atomic E-state index is 0.231. The molecule has 0 radical (unpaired) electrons. The van der Waals surface area contributed by atoms with E-state index in [2.05, 4.69) is 29.8 Å². The molecule has 5 rings (SSSR count). The van der Waals surface area contributed by atoms with Crippen LogP contribution in [0, 0.1) is 23.7 Å². The first-order valence-corrected chi connectivity index (χ1v) is 10.5. The van der Waals surface area contributed by atoms with E-state index >= 15 is 0 Å². The molecule has 0 aromatic carbocycles. The fraction of sp³-hybridized carbons (Fsp3) is 1.00. The standard InChI is InChI=1S/C18H29BrO5/c1-11-5-6-14-12(2)15(20-10-4-9-19)21-16-18(14)13(11)7-8-17(3,22-16)23-24-18/h11-16H,4-10H2,1-3H3/t11-,12-,13?,14?,15+,16-,17-,18-/m1/s1. The summed E-state index contributed by atoms with van der Waals surface area (Å²) in [6.07, 6.45) is 4.59. The summed E-state index contributed by atoms with van der Waals surface area (Å²) >= 11 is 3.45. The van der Waals surface area contributed by atoms with Crippen molar-refractivity contribution in [1.82, 2.24) is 0 Å². The van der Waals surface area contributed by atoms with Crippen LogP contribution < -0.4 is 0 Å². The summed E-state index contributed by atoms with van der Waals surface area (Å²) in [6, 6.07) is 0. The van der Waals surface area contributed by atoms with Gasteiger partial charge >= 0.3 is 0 Å². The third-order valence-electron chi connectivity index (χ3n) is 6.66. The molecule has 2 unspecified atom stereocenters. The molecule has 138 valence electrons. The number of hydrogen-bond acceptors (Lipinski definition) is 5. The number of hydrogen-bond donors (Lipinski definition) is 0. The van der Waals surface area contributed by atoms with Crippen molar-refractivity contribution in [1.29, 1.82) is 0 Å². The summed E-state index contributed by atoms with van der Waals surface area (Å²) in [7, 11) is 0. The Hall–Kier alpha value is 0.280. The van der Waals surface area contributed by atoms with E-state index in [0.717, 1.165) is 31.0 Å². The zero-order valence-corrected chi connectivity index (χ0v) is 16.4. The molecule has 5 aliphatic rings. The summed E-state index contributed by atoms with van der Waals surface area (Å²) in [6.45, 7) is 7.21. The molecule has 0 aromatic rings. The van der Waals surface area contributed by atoms with Gasteiger partial charge in [-0.3, -0.25) is 0 Å². The second kappa shape index (κ2) is 6.46. The topological polar surface area (TPSA) is 46.2 Å². The third-order valence-corrected chi connectivity index (χ3v) is 7.22. The summed E-state index contributed by atoms with van der Waals surface area (Å²) in [5.74, 6) is 0.906. The molecule has 6 heteroatoms. The molecule has 0 aromatic heterocycles. The smallest absolute Gasteiger partial charge is 0.201 e. The van der Waals surface area contributed by atoms with Gasteiger partial charge in [0, 0.05) is 23.6 Å². The van der Waals surface area contributed by atoms with Crippen LogP contribution in [0.3, 0.4) is 0 Å². The van der Waals surface area contributed by atoms with E-state index in [9.17, 15) is 0 Å². The van der Waals surface area contributed by atoms with Crippen LogP contribution in [0.1, 0.15) is 52.9 Å². The van der Waals surface area contributed by atoms with Gasteiger partial charge in [-0.2, -0.15) is 0 Å². The lowest BCUT2D eigenvalue weighted by Gasteiger charge is -2.60. The van der Waals surface area contributed by atoms with E-state index in [0.29, 0.717) is 24.4 Å². The van der Waals surface area contributed by atoms with Crippen molar-refractivity contribution < 1.29 is 24.0 Å². The Morgan fingerprint density at radius 3 is 2.75 bits per heavy atom. The van der Waals surface area contributed by atoms with E-state index in [-0.39, 0.29) is 12.2 Å². The van der Waals surface area contributed by atoms with E-state index in [4.69, 9.17) is 24.0 Å². The molecule has 24 heavy (non-hydrogen) atoms. The molecule has 8 atom stereocenters. The largest absolute Gasteiger partial charge is 0.352 e. The summed E-state index contributed by atoms with van der Waals surface area (Å²) in [5.41, 5.74) is -0.484. The number of ether oxygens (including phenoxy) is 3. The van der Waals surface area contributed by atoms with Gasteiger partial charge in [-0.1, -0.05) is 29.8 Å². The van der Waals surface area contributed by atoms with Crippen molar-refractivity contribution in [2.24, 2.45) is 23.7 Å². The molecule has 1 spiro atoms. The lowest BCUT2D eigenvalue weighted by molar-refractivity contribution is -0.577. The predicted octanol–water partition coefficient (Wildman–Crippen LogP) is 4.00.